The standard InChI is InChI=1S/C23H26N4O2S/c1-4-14-27-22(19-12-8-9-13-20(19)29-3)25-26-23(27)30-16-21(28)24-15-17(2)18-10-6-5-7-11-18/h4-13,17H,1,14-16H2,2-3H3,(H,24,28)/t17-/m1/s1. The highest BCUT2D eigenvalue weighted by atomic mass is 32.2. The fourth-order valence-corrected chi connectivity index (χ4v) is 3.84. The zero-order valence-electron chi connectivity index (χ0n) is 17.2. The van der Waals surface area contributed by atoms with Crippen molar-refractivity contribution in [3.8, 4) is 17.1 Å². The van der Waals surface area contributed by atoms with E-state index in [1.54, 1.807) is 13.2 Å². The SMILES string of the molecule is C=CCn1c(SCC(=O)NC[C@@H](C)c2ccccc2)nnc1-c1ccccc1OC. The second-order valence-electron chi connectivity index (χ2n) is 6.81. The number of rotatable bonds is 10. The van der Waals surface area contributed by atoms with Crippen molar-refractivity contribution in [1.82, 2.24) is 20.1 Å². The van der Waals surface area contributed by atoms with Gasteiger partial charge in [-0.2, -0.15) is 0 Å². The van der Waals surface area contributed by atoms with Crippen molar-refractivity contribution in [2.75, 3.05) is 19.4 Å². The van der Waals surface area contributed by atoms with Crippen molar-refractivity contribution < 1.29 is 9.53 Å². The molecule has 1 aromatic heterocycles. The smallest absolute Gasteiger partial charge is 0.230 e. The lowest BCUT2D eigenvalue weighted by Gasteiger charge is -2.13. The predicted molar refractivity (Wildman–Crippen MR) is 121 cm³/mol. The van der Waals surface area contributed by atoms with E-state index in [9.17, 15) is 4.79 Å². The van der Waals surface area contributed by atoms with Crippen LogP contribution in [0.5, 0.6) is 5.75 Å². The molecule has 0 saturated heterocycles. The molecule has 3 aromatic rings. The Balaban J connectivity index is 1.64. The van der Waals surface area contributed by atoms with E-state index in [1.165, 1.54) is 17.3 Å². The fourth-order valence-electron chi connectivity index (χ4n) is 3.07. The zero-order chi connectivity index (χ0) is 21.3. The van der Waals surface area contributed by atoms with Crippen LogP contribution in [0.25, 0.3) is 11.4 Å². The van der Waals surface area contributed by atoms with Gasteiger partial charge in [0, 0.05) is 13.1 Å². The summed E-state index contributed by atoms with van der Waals surface area (Å²) in [7, 11) is 1.63. The van der Waals surface area contributed by atoms with E-state index in [0.717, 1.165) is 11.3 Å². The third-order valence-electron chi connectivity index (χ3n) is 4.68. The average molecular weight is 423 g/mol. The molecule has 6 nitrogen and oxygen atoms in total. The van der Waals surface area contributed by atoms with E-state index in [-0.39, 0.29) is 17.6 Å². The number of aromatic nitrogens is 3. The van der Waals surface area contributed by atoms with Gasteiger partial charge in [0.1, 0.15) is 5.75 Å². The first-order valence-electron chi connectivity index (χ1n) is 9.76. The van der Waals surface area contributed by atoms with Crippen LogP contribution in [-0.4, -0.2) is 40.1 Å². The Morgan fingerprint density at radius 3 is 2.67 bits per heavy atom. The number of nitrogens with one attached hydrogen (secondary N) is 1. The molecule has 0 aliphatic rings. The lowest BCUT2D eigenvalue weighted by Crippen LogP contribution is -2.29. The van der Waals surface area contributed by atoms with Crippen LogP contribution in [0.3, 0.4) is 0 Å². The second-order valence-corrected chi connectivity index (χ2v) is 7.75. The van der Waals surface area contributed by atoms with Gasteiger partial charge in [0.2, 0.25) is 5.91 Å². The highest BCUT2D eigenvalue weighted by Crippen LogP contribution is 2.30. The predicted octanol–water partition coefficient (Wildman–Crippen LogP) is 4.15. The monoisotopic (exact) mass is 422 g/mol. The number of nitrogens with zero attached hydrogens (tertiary/aromatic N) is 3. The number of para-hydroxylation sites is 1. The molecule has 3 rings (SSSR count). The van der Waals surface area contributed by atoms with Gasteiger partial charge >= 0.3 is 0 Å². The van der Waals surface area contributed by atoms with Gasteiger partial charge in [-0.05, 0) is 23.6 Å². The molecule has 0 aliphatic heterocycles. The second kappa shape index (κ2) is 10.6. The van der Waals surface area contributed by atoms with Gasteiger partial charge < -0.3 is 10.1 Å². The minimum atomic E-state index is -0.0326. The van der Waals surface area contributed by atoms with Crippen molar-refractivity contribution in [2.45, 2.75) is 24.5 Å². The molecule has 0 fully saturated rings. The maximum atomic E-state index is 12.4. The number of benzene rings is 2. The molecular formula is C23H26N4O2S. The van der Waals surface area contributed by atoms with E-state index in [2.05, 4.69) is 41.1 Å². The number of amides is 1. The van der Waals surface area contributed by atoms with E-state index in [0.29, 0.717) is 24.1 Å². The number of ether oxygens (including phenoxy) is 1. The average Bonchev–Trinajstić information content (AvgIpc) is 3.19. The summed E-state index contributed by atoms with van der Waals surface area (Å²) >= 11 is 1.36. The summed E-state index contributed by atoms with van der Waals surface area (Å²) in [6.45, 7) is 7.06. The minimum Gasteiger partial charge on any atom is -0.496 e. The Morgan fingerprint density at radius 2 is 1.93 bits per heavy atom. The van der Waals surface area contributed by atoms with Crippen LogP contribution >= 0.6 is 11.8 Å². The Kier molecular flexibility index (Phi) is 7.68. The number of hydrogen-bond acceptors (Lipinski definition) is 5. The Morgan fingerprint density at radius 1 is 1.20 bits per heavy atom. The van der Waals surface area contributed by atoms with Crippen LogP contribution in [0.1, 0.15) is 18.4 Å². The van der Waals surface area contributed by atoms with E-state index < -0.39 is 0 Å². The van der Waals surface area contributed by atoms with Crippen molar-refractivity contribution in [3.63, 3.8) is 0 Å². The Bertz CT molecular complexity index is 988. The van der Waals surface area contributed by atoms with E-state index in [1.807, 2.05) is 47.0 Å². The summed E-state index contributed by atoms with van der Waals surface area (Å²) in [6, 6.07) is 17.8. The summed E-state index contributed by atoms with van der Waals surface area (Å²) in [5.41, 5.74) is 2.06. The summed E-state index contributed by atoms with van der Waals surface area (Å²) in [4.78, 5) is 12.4. The molecule has 1 atom stereocenters. The third-order valence-corrected chi connectivity index (χ3v) is 5.65. The first-order chi connectivity index (χ1) is 14.6. The third kappa shape index (κ3) is 5.30. The van der Waals surface area contributed by atoms with E-state index in [4.69, 9.17) is 4.74 Å². The van der Waals surface area contributed by atoms with Crippen molar-refractivity contribution in [3.05, 3.63) is 72.8 Å². The van der Waals surface area contributed by atoms with Crippen molar-refractivity contribution >= 4 is 17.7 Å². The number of carbonyl (C=O) groups excluding carboxylic acids is 1. The number of allylic oxidation sites excluding steroid dienone is 1. The van der Waals surface area contributed by atoms with Gasteiger partial charge in [-0.1, -0.05) is 67.2 Å². The topological polar surface area (TPSA) is 69.0 Å². The highest BCUT2D eigenvalue weighted by Gasteiger charge is 2.17. The number of thioether (sulfide) groups is 1. The first kappa shape index (κ1) is 21.6. The molecule has 0 saturated carbocycles. The first-order valence-corrected chi connectivity index (χ1v) is 10.7. The van der Waals surface area contributed by atoms with Crippen LogP contribution in [0, 0.1) is 0 Å². The number of methoxy groups -OCH3 is 1. The number of carbonyl (C=O) groups is 1. The van der Waals surface area contributed by atoms with E-state index >= 15 is 0 Å². The van der Waals surface area contributed by atoms with Crippen LogP contribution in [-0.2, 0) is 11.3 Å². The summed E-state index contributed by atoms with van der Waals surface area (Å²) < 4.78 is 7.39. The zero-order valence-corrected chi connectivity index (χ0v) is 18.1. The van der Waals surface area contributed by atoms with Crippen LogP contribution in [0.15, 0.2) is 72.4 Å². The highest BCUT2D eigenvalue weighted by molar-refractivity contribution is 7.99. The van der Waals surface area contributed by atoms with Gasteiger partial charge in [-0.3, -0.25) is 9.36 Å². The molecule has 7 heteroatoms. The summed E-state index contributed by atoms with van der Waals surface area (Å²) in [6.07, 6.45) is 1.79. The molecule has 1 amide bonds. The van der Waals surface area contributed by atoms with Gasteiger partial charge in [-0.15, -0.1) is 16.8 Å². The van der Waals surface area contributed by atoms with Gasteiger partial charge in [0.15, 0.2) is 11.0 Å². The molecule has 0 spiro atoms. The molecule has 156 valence electrons. The van der Waals surface area contributed by atoms with Gasteiger partial charge in [0.05, 0.1) is 18.4 Å². The molecule has 0 aliphatic carbocycles. The summed E-state index contributed by atoms with van der Waals surface area (Å²) in [5, 5.41) is 12.3. The lowest BCUT2D eigenvalue weighted by molar-refractivity contribution is -0.118. The minimum absolute atomic E-state index is 0.0326. The number of hydrogen-bond donors (Lipinski definition) is 1. The van der Waals surface area contributed by atoms with Gasteiger partial charge in [-0.25, -0.2) is 0 Å². The lowest BCUT2D eigenvalue weighted by atomic mass is 10.0. The largest absolute Gasteiger partial charge is 0.496 e. The molecule has 1 heterocycles. The maximum absolute atomic E-state index is 12.4. The quantitative estimate of drug-likeness (QED) is 0.393. The van der Waals surface area contributed by atoms with Crippen LogP contribution in [0.2, 0.25) is 0 Å². The molecule has 0 unspecified atom stereocenters. The van der Waals surface area contributed by atoms with Gasteiger partial charge in [0.25, 0.3) is 0 Å². The normalized spacial score (nSPS) is 11.7. The molecular weight excluding hydrogens is 396 g/mol. The fraction of sp³-hybridized carbons (Fsp3) is 0.261. The summed E-state index contributed by atoms with van der Waals surface area (Å²) in [5.74, 6) is 1.90. The maximum Gasteiger partial charge on any atom is 0.230 e. The molecule has 0 radical (unpaired) electrons. The molecule has 30 heavy (non-hydrogen) atoms. The van der Waals surface area contributed by atoms with Crippen LogP contribution < -0.4 is 10.1 Å². The van der Waals surface area contributed by atoms with Crippen molar-refractivity contribution in [2.24, 2.45) is 0 Å². The molecule has 0 bridgehead atoms. The Labute approximate surface area is 181 Å². The molecule has 1 N–H and O–H groups in total. The van der Waals surface area contributed by atoms with Crippen LogP contribution in [0.4, 0.5) is 0 Å². The molecule has 2 aromatic carbocycles. The van der Waals surface area contributed by atoms with Crippen molar-refractivity contribution in [1.29, 1.82) is 0 Å². The Hall–Kier alpha value is -3.06.